The van der Waals surface area contributed by atoms with E-state index in [-0.39, 0.29) is 0 Å². The molecule has 0 aliphatic carbocycles. The van der Waals surface area contributed by atoms with Gasteiger partial charge in [0.2, 0.25) is 0 Å². The second-order valence-electron chi connectivity index (χ2n) is 5.95. The van der Waals surface area contributed by atoms with Gasteiger partial charge >= 0.3 is 0 Å². The lowest BCUT2D eigenvalue weighted by molar-refractivity contribution is 0.317. The van der Waals surface area contributed by atoms with Crippen molar-refractivity contribution in [3.63, 3.8) is 0 Å². The van der Waals surface area contributed by atoms with Gasteiger partial charge < -0.3 is 19.2 Å². The fourth-order valence-corrected chi connectivity index (χ4v) is 3.01. The Kier molecular flexibility index (Phi) is 5.20. The number of nitrogens with one attached hydrogen (secondary N) is 1. The summed E-state index contributed by atoms with van der Waals surface area (Å²) in [5.74, 6) is 1.68. The number of nitrogens with zero attached hydrogens (tertiary/aromatic N) is 1. The number of benzene rings is 1. The van der Waals surface area contributed by atoms with E-state index in [1.165, 1.54) is 17.5 Å². The lowest BCUT2D eigenvalue weighted by Gasteiger charge is -2.17. The highest BCUT2D eigenvalue weighted by atomic mass is 16.5. The third-order valence-electron chi connectivity index (χ3n) is 4.26. The highest BCUT2D eigenvalue weighted by Gasteiger charge is 2.22. The van der Waals surface area contributed by atoms with Crippen LogP contribution in [0.5, 0.6) is 11.5 Å². The summed E-state index contributed by atoms with van der Waals surface area (Å²) < 4.78 is 15.8. The molecule has 1 saturated heterocycles. The van der Waals surface area contributed by atoms with Crippen molar-refractivity contribution in [3.8, 4) is 11.5 Å². The Labute approximate surface area is 137 Å². The molecule has 1 aromatic carbocycles. The molecular formula is C18H24N2O3. The van der Waals surface area contributed by atoms with Gasteiger partial charge in [-0.15, -0.1) is 0 Å². The molecule has 0 spiro atoms. The first-order valence-corrected chi connectivity index (χ1v) is 7.95. The van der Waals surface area contributed by atoms with Crippen molar-refractivity contribution < 1.29 is 13.9 Å². The van der Waals surface area contributed by atoms with E-state index >= 15 is 0 Å². The zero-order valence-electron chi connectivity index (χ0n) is 13.7. The van der Waals surface area contributed by atoms with E-state index in [1.54, 1.807) is 26.7 Å². The Morgan fingerprint density at radius 3 is 2.61 bits per heavy atom. The van der Waals surface area contributed by atoms with Crippen LogP contribution in [0.15, 0.2) is 41.2 Å². The van der Waals surface area contributed by atoms with Crippen LogP contribution in [-0.4, -0.2) is 38.3 Å². The van der Waals surface area contributed by atoms with Gasteiger partial charge in [0.1, 0.15) is 11.5 Å². The number of methoxy groups -OCH3 is 2. The van der Waals surface area contributed by atoms with Crippen molar-refractivity contribution in [2.45, 2.75) is 25.6 Å². The van der Waals surface area contributed by atoms with Gasteiger partial charge in [0.05, 0.1) is 26.7 Å². The van der Waals surface area contributed by atoms with Crippen LogP contribution < -0.4 is 14.8 Å². The molecule has 5 nitrogen and oxygen atoms in total. The van der Waals surface area contributed by atoms with E-state index in [9.17, 15) is 0 Å². The van der Waals surface area contributed by atoms with E-state index in [0.717, 1.165) is 37.7 Å². The molecule has 0 radical (unpaired) electrons. The Balaban J connectivity index is 1.53. The summed E-state index contributed by atoms with van der Waals surface area (Å²) in [6.45, 7) is 3.93. The summed E-state index contributed by atoms with van der Waals surface area (Å²) in [7, 11) is 3.37. The third kappa shape index (κ3) is 4.27. The van der Waals surface area contributed by atoms with Crippen molar-refractivity contribution >= 4 is 0 Å². The van der Waals surface area contributed by atoms with E-state index < -0.39 is 0 Å². The zero-order chi connectivity index (χ0) is 16.1. The number of ether oxygens (including phenoxy) is 2. The van der Waals surface area contributed by atoms with Crippen LogP contribution in [0.4, 0.5) is 0 Å². The Morgan fingerprint density at radius 1 is 1.17 bits per heavy atom. The summed E-state index contributed by atoms with van der Waals surface area (Å²) >= 11 is 0. The molecule has 0 amide bonds. The molecule has 1 aliphatic heterocycles. The van der Waals surface area contributed by atoms with Crippen LogP contribution in [0.1, 0.15) is 17.5 Å². The van der Waals surface area contributed by atoms with Gasteiger partial charge in [0.25, 0.3) is 0 Å². The number of likely N-dealkylation sites (tertiary alicyclic amines) is 1. The summed E-state index contributed by atoms with van der Waals surface area (Å²) in [4.78, 5) is 2.46. The molecule has 1 unspecified atom stereocenters. The molecule has 3 rings (SSSR count). The minimum atomic E-state index is 0.525. The van der Waals surface area contributed by atoms with E-state index in [1.807, 2.05) is 12.1 Å². The third-order valence-corrected chi connectivity index (χ3v) is 4.26. The molecule has 23 heavy (non-hydrogen) atoms. The minimum absolute atomic E-state index is 0.525. The highest BCUT2D eigenvalue weighted by Crippen LogP contribution is 2.24. The monoisotopic (exact) mass is 316 g/mol. The first kappa shape index (κ1) is 15.9. The standard InChI is InChI=1S/C18H24N2O3/c1-21-17-7-15(8-18(9-17)22-2)11-20-5-3-16(12-20)19-10-14-4-6-23-13-14/h4,6-9,13,16,19H,3,5,10-12H2,1-2H3. The molecule has 2 aromatic rings. The first-order valence-electron chi connectivity index (χ1n) is 7.95. The van der Waals surface area contributed by atoms with Crippen LogP contribution in [0, 0.1) is 0 Å². The Hall–Kier alpha value is -1.98. The Bertz CT molecular complexity index is 590. The topological polar surface area (TPSA) is 46.9 Å². The normalized spacial score (nSPS) is 18.3. The molecule has 1 fully saturated rings. The summed E-state index contributed by atoms with van der Waals surface area (Å²) in [6.07, 6.45) is 4.68. The van der Waals surface area contributed by atoms with Crippen LogP contribution >= 0.6 is 0 Å². The van der Waals surface area contributed by atoms with E-state index in [4.69, 9.17) is 13.9 Å². The van der Waals surface area contributed by atoms with E-state index in [0.29, 0.717) is 6.04 Å². The fraction of sp³-hybridized carbons (Fsp3) is 0.444. The van der Waals surface area contributed by atoms with Crippen LogP contribution in [0.3, 0.4) is 0 Å². The molecule has 1 aliphatic rings. The molecule has 0 saturated carbocycles. The maximum Gasteiger partial charge on any atom is 0.122 e. The van der Waals surface area contributed by atoms with Gasteiger partial charge in [-0.2, -0.15) is 0 Å². The van der Waals surface area contributed by atoms with Gasteiger partial charge in [-0.3, -0.25) is 4.90 Å². The predicted octanol–water partition coefficient (Wildman–Crippen LogP) is 2.66. The van der Waals surface area contributed by atoms with Gasteiger partial charge in [-0.05, 0) is 30.2 Å². The number of hydrogen-bond acceptors (Lipinski definition) is 5. The van der Waals surface area contributed by atoms with Crippen molar-refractivity contribution in [1.82, 2.24) is 10.2 Å². The lowest BCUT2D eigenvalue weighted by atomic mass is 10.2. The number of furan rings is 1. The maximum atomic E-state index is 5.34. The van der Waals surface area contributed by atoms with Crippen LogP contribution in [-0.2, 0) is 13.1 Å². The van der Waals surface area contributed by atoms with Gasteiger partial charge in [0.15, 0.2) is 0 Å². The van der Waals surface area contributed by atoms with E-state index in [2.05, 4.69) is 22.3 Å². The minimum Gasteiger partial charge on any atom is -0.497 e. The van der Waals surface area contributed by atoms with Gasteiger partial charge in [-0.1, -0.05) is 0 Å². The van der Waals surface area contributed by atoms with Crippen molar-refractivity contribution in [3.05, 3.63) is 47.9 Å². The summed E-state index contributed by atoms with van der Waals surface area (Å²) in [5.41, 5.74) is 2.41. The number of rotatable bonds is 7. The maximum absolute atomic E-state index is 5.34. The first-order chi connectivity index (χ1) is 11.3. The smallest absolute Gasteiger partial charge is 0.122 e. The molecule has 2 heterocycles. The highest BCUT2D eigenvalue weighted by molar-refractivity contribution is 5.38. The van der Waals surface area contributed by atoms with Crippen molar-refractivity contribution in [2.75, 3.05) is 27.3 Å². The molecular weight excluding hydrogens is 292 g/mol. The molecule has 0 bridgehead atoms. The summed E-state index contributed by atoms with van der Waals surface area (Å²) in [5, 5.41) is 3.59. The predicted molar refractivity (Wildman–Crippen MR) is 88.8 cm³/mol. The van der Waals surface area contributed by atoms with Crippen molar-refractivity contribution in [1.29, 1.82) is 0 Å². The largest absolute Gasteiger partial charge is 0.497 e. The second-order valence-corrected chi connectivity index (χ2v) is 5.95. The lowest BCUT2D eigenvalue weighted by Crippen LogP contribution is -2.31. The molecule has 1 N–H and O–H groups in total. The second kappa shape index (κ2) is 7.53. The van der Waals surface area contributed by atoms with Gasteiger partial charge in [-0.25, -0.2) is 0 Å². The molecule has 5 heteroatoms. The van der Waals surface area contributed by atoms with Crippen molar-refractivity contribution in [2.24, 2.45) is 0 Å². The molecule has 1 aromatic heterocycles. The zero-order valence-corrected chi connectivity index (χ0v) is 13.7. The average molecular weight is 316 g/mol. The SMILES string of the molecule is COc1cc(CN2CCC(NCc3ccoc3)C2)cc(OC)c1. The molecule has 124 valence electrons. The average Bonchev–Trinajstić information content (AvgIpc) is 3.24. The van der Waals surface area contributed by atoms with Crippen LogP contribution in [0.25, 0.3) is 0 Å². The quantitative estimate of drug-likeness (QED) is 0.851. The number of hydrogen-bond donors (Lipinski definition) is 1. The molecule has 1 atom stereocenters. The summed E-state index contributed by atoms with van der Waals surface area (Å²) in [6, 6.07) is 8.59. The van der Waals surface area contributed by atoms with Crippen LogP contribution in [0.2, 0.25) is 0 Å². The van der Waals surface area contributed by atoms with Gasteiger partial charge in [0, 0.05) is 43.9 Å². The Morgan fingerprint density at radius 2 is 1.96 bits per heavy atom. The fourth-order valence-electron chi connectivity index (χ4n) is 3.01.